The summed E-state index contributed by atoms with van der Waals surface area (Å²) in [5, 5.41) is 5.19. The fourth-order valence-electron chi connectivity index (χ4n) is 3.64. The number of carbonyl (C=O) groups excluding carboxylic acids is 4. The number of fused-ring (bicyclic) bond motifs is 1. The molecule has 2 heterocycles. The number of amides is 4. The van der Waals surface area contributed by atoms with Gasteiger partial charge < -0.3 is 11.1 Å². The van der Waals surface area contributed by atoms with Crippen LogP contribution < -0.4 is 16.4 Å². The molecule has 2 aromatic carbocycles. The van der Waals surface area contributed by atoms with Gasteiger partial charge in [0.2, 0.25) is 11.8 Å². The Labute approximate surface area is 171 Å². The number of carbonyl (C=O) groups is 4. The first-order valence-corrected chi connectivity index (χ1v) is 9.46. The first-order chi connectivity index (χ1) is 14.4. The standard InChI is InChI=1S/C21H19FN4O4/c22-16-7-11(9-23)1-2-12(16)10-24-13-3-4-14-15(8-13)21(30)26(20(14)29)17-5-6-18(27)25-19(17)28/h1-4,7-8,17,24H,5-6,9-10,23H2,(H,25,27,28). The third kappa shape index (κ3) is 3.43. The van der Waals surface area contributed by atoms with E-state index in [0.717, 1.165) is 4.90 Å². The van der Waals surface area contributed by atoms with Crippen molar-refractivity contribution in [3.63, 3.8) is 0 Å². The molecule has 2 aliphatic rings. The van der Waals surface area contributed by atoms with Crippen LogP contribution in [0.2, 0.25) is 0 Å². The van der Waals surface area contributed by atoms with Crippen molar-refractivity contribution in [2.75, 3.05) is 5.32 Å². The van der Waals surface area contributed by atoms with Gasteiger partial charge in [0.25, 0.3) is 11.8 Å². The van der Waals surface area contributed by atoms with E-state index in [1.807, 2.05) is 0 Å². The highest BCUT2D eigenvalue weighted by Crippen LogP contribution is 2.29. The van der Waals surface area contributed by atoms with Crippen molar-refractivity contribution in [2.24, 2.45) is 5.73 Å². The van der Waals surface area contributed by atoms with E-state index >= 15 is 0 Å². The molecular formula is C21H19FN4O4. The molecule has 1 unspecified atom stereocenters. The molecule has 1 fully saturated rings. The van der Waals surface area contributed by atoms with Gasteiger partial charge in [-0.1, -0.05) is 12.1 Å². The van der Waals surface area contributed by atoms with Crippen molar-refractivity contribution in [1.29, 1.82) is 0 Å². The number of benzene rings is 2. The molecule has 1 saturated heterocycles. The zero-order valence-corrected chi connectivity index (χ0v) is 15.9. The zero-order valence-electron chi connectivity index (χ0n) is 15.9. The molecule has 154 valence electrons. The van der Waals surface area contributed by atoms with Gasteiger partial charge in [0, 0.05) is 30.8 Å². The van der Waals surface area contributed by atoms with E-state index in [1.54, 1.807) is 18.2 Å². The Bertz CT molecular complexity index is 1080. The van der Waals surface area contributed by atoms with Crippen LogP contribution in [0.15, 0.2) is 36.4 Å². The van der Waals surface area contributed by atoms with Crippen LogP contribution in [0.25, 0.3) is 0 Å². The first-order valence-electron chi connectivity index (χ1n) is 9.46. The Morgan fingerprint density at radius 3 is 2.53 bits per heavy atom. The van der Waals surface area contributed by atoms with Gasteiger partial charge in [-0.2, -0.15) is 0 Å². The number of halogens is 1. The summed E-state index contributed by atoms with van der Waals surface area (Å²) in [7, 11) is 0. The van der Waals surface area contributed by atoms with Crippen molar-refractivity contribution in [3.8, 4) is 0 Å². The number of rotatable bonds is 5. The predicted molar refractivity (Wildman–Crippen MR) is 105 cm³/mol. The Hall–Kier alpha value is -3.59. The highest BCUT2D eigenvalue weighted by Gasteiger charge is 2.44. The molecule has 2 aliphatic heterocycles. The summed E-state index contributed by atoms with van der Waals surface area (Å²) in [5.41, 5.74) is 7.50. The van der Waals surface area contributed by atoms with Gasteiger partial charge in [-0.05, 0) is 36.2 Å². The molecule has 4 N–H and O–H groups in total. The highest BCUT2D eigenvalue weighted by molar-refractivity contribution is 6.23. The predicted octanol–water partition coefficient (Wildman–Crippen LogP) is 1.30. The second-order valence-corrected chi connectivity index (χ2v) is 7.19. The van der Waals surface area contributed by atoms with Crippen LogP contribution in [0.1, 0.15) is 44.7 Å². The maximum Gasteiger partial charge on any atom is 0.262 e. The van der Waals surface area contributed by atoms with Gasteiger partial charge in [0.1, 0.15) is 11.9 Å². The smallest absolute Gasteiger partial charge is 0.262 e. The number of piperidine rings is 1. The van der Waals surface area contributed by atoms with E-state index in [1.165, 1.54) is 18.2 Å². The molecule has 4 amide bonds. The molecule has 0 aliphatic carbocycles. The van der Waals surface area contributed by atoms with Crippen LogP contribution >= 0.6 is 0 Å². The number of nitrogens with one attached hydrogen (secondary N) is 2. The van der Waals surface area contributed by atoms with E-state index in [-0.39, 0.29) is 42.9 Å². The Balaban J connectivity index is 1.52. The Kier molecular flexibility index (Phi) is 5.04. The fourth-order valence-corrected chi connectivity index (χ4v) is 3.64. The summed E-state index contributed by atoms with van der Waals surface area (Å²) in [4.78, 5) is 49.9. The Morgan fingerprint density at radius 1 is 1.07 bits per heavy atom. The van der Waals surface area contributed by atoms with Crippen molar-refractivity contribution in [2.45, 2.75) is 32.0 Å². The van der Waals surface area contributed by atoms with Crippen molar-refractivity contribution < 1.29 is 23.6 Å². The number of hydrogen-bond acceptors (Lipinski definition) is 6. The molecule has 2 aromatic rings. The average Bonchev–Trinajstić information content (AvgIpc) is 2.97. The molecule has 1 atom stereocenters. The second kappa shape index (κ2) is 7.68. The summed E-state index contributed by atoms with van der Waals surface area (Å²) in [6.07, 6.45) is 0.157. The fraction of sp³-hybridized carbons (Fsp3) is 0.238. The molecule has 0 spiro atoms. The van der Waals surface area contributed by atoms with Gasteiger partial charge >= 0.3 is 0 Å². The largest absolute Gasteiger partial charge is 0.381 e. The van der Waals surface area contributed by atoms with Crippen molar-refractivity contribution in [3.05, 3.63) is 64.5 Å². The number of nitrogens with zero attached hydrogens (tertiary/aromatic N) is 1. The quantitative estimate of drug-likeness (QED) is 0.639. The molecule has 4 rings (SSSR count). The van der Waals surface area contributed by atoms with E-state index in [2.05, 4.69) is 10.6 Å². The van der Waals surface area contributed by atoms with Crippen LogP contribution in [0.5, 0.6) is 0 Å². The third-order valence-electron chi connectivity index (χ3n) is 5.28. The first kappa shape index (κ1) is 19.7. The lowest BCUT2D eigenvalue weighted by molar-refractivity contribution is -0.136. The summed E-state index contributed by atoms with van der Waals surface area (Å²) < 4.78 is 14.1. The molecule has 0 saturated carbocycles. The summed E-state index contributed by atoms with van der Waals surface area (Å²) in [6.45, 7) is 0.420. The van der Waals surface area contributed by atoms with Gasteiger partial charge in [-0.15, -0.1) is 0 Å². The normalized spacial score (nSPS) is 18.5. The van der Waals surface area contributed by atoms with Crippen LogP contribution in [-0.2, 0) is 22.7 Å². The monoisotopic (exact) mass is 410 g/mol. The van der Waals surface area contributed by atoms with Crippen molar-refractivity contribution in [1.82, 2.24) is 10.2 Å². The Morgan fingerprint density at radius 2 is 1.83 bits per heavy atom. The topological polar surface area (TPSA) is 122 Å². The summed E-state index contributed by atoms with van der Waals surface area (Å²) in [5.74, 6) is -2.63. The van der Waals surface area contributed by atoms with Crippen LogP contribution in [0.3, 0.4) is 0 Å². The minimum absolute atomic E-state index is 0.0606. The van der Waals surface area contributed by atoms with E-state index in [4.69, 9.17) is 5.73 Å². The van der Waals surface area contributed by atoms with Gasteiger partial charge in [-0.25, -0.2) is 4.39 Å². The van der Waals surface area contributed by atoms with Crippen LogP contribution in [0.4, 0.5) is 10.1 Å². The van der Waals surface area contributed by atoms with Gasteiger partial charge in [0.05, 0.1) is 11.1 Å². The molecule has 0 aromatic heterocycles. The third-order valence-corrected chi connectivity index (χ3v) is 5.28. The van der Waals surface area contributed by atoms with Gasteiger partial charge in [0.15, 0.2) is 0 Å². The summed E-state index contributed by atoms with van der Waals surface area (Å²) >= 11 is 0. The highest BCUT2D eigenvalue weighted by atomic mass is 19.1. The molecule has 8 nitrogen and oxygen atoms in total. The maximum atomic E-state index is 14.1. The van der Waals surface area contributed by atoms with E-state index < -0.39 is 29.7 Å². The number of hydrogen-bond donors (Lipinski definition) is 3. The second-order valence-electron chi connectivity index (χ2n) is 7.19. The lowest BCUT2D eigenvalue weighted by Crippen LogP contribution is -2.54. The SMILES string of the molecule is NCc1ccc(CNc2ccc3c(c2)C(=O)N(C2CCC(=O)NC2=O)C3=O)c(F)c1. The molecule has 0 radical (unpaired) electrons. The molecule has 30 heavy (non-hydrogen) atoms. The zero-order chi connectivity index (χ0) is 21.4. The lowest BCUT2D eigenvalue weighted by atomic mass is 10.0. The number of anilines is 1. The number of imide groups is 2. The maximum absolute atomic E-state index is 14.1. The van der Waals surface area contributed by atoms with Crippen LogP contribution in [-0.4, -0.2) is 34.6 Å². The van der Waals surface area contributed by atoms with E-state index in [0.29, 0.717) is 16.8 Å². The average molecular weight is 410 g/mol. The minimum atomic E-state index is -1.01. The number of nitrogens with two attached hydrogens (primary N) is 1. The lowest BCUT2D eigenvalue weighted by Gasteiger charge is -2.27. The molecule has 9 heteroatoms. The van der Waals surface area contributed by atoms with Crippen molar-refractivity contribution >= 4 is 29.3 Å². The van der Waals surface area contributed by atoms with Crippen LogP contribution in [0, 0.1) is 5.82 Å². The van der Waals surface area contributed by atoms with E-state index in [9.17, 15) is 23.6 Å². The molecule has 0 bridgehead atoms. The van der Waals surface area contributed by atoms with Gasteiger partial charge in [-0.3, -0.25) is 29.4 Å². The molecular weight excluding hydrogens is 391 g/mol. The minimum Gasteiger partial charge on any atom is -0.381 e. The summed E-state index contributed by atoms with van der Waals surface area (Å²) in [6, 6.07) is 8.36.